The normalized spacial score (nSPS) is 12.0. The van der Waals surface area contributed by atoms with Gasteiger partial charge in [-0.25, -0.2) is 26.2 Å². The highest BCUT2D eigenvalue weighted by Gasteiger charge is 2.14. The molecule has 0 spiro atoms. The number of hydrogen-bond acceptors (Lipinski definition) is 6. The summed E-state index contributed by atoms with van der Waals surface area (Å²) in [6.45, 7) is 1.87. The molecule has 2 aromatic carbocycles. The first-order valence-corrected chi connectivity index (χ1v) is 13.1. The molecule has 3 aromatic rings. The molecular weight excluding hydrogens is 438 g/mol. The molecule has 0 aliphatic rings. The smallest absolute Gasteiger partial charge is 0.240 e. The number of benzene rings is 2. The van der Waals surface area contributed by atoms with E-state index in [0.29, 0.717) is 12.2 Å². The Morgan fingerprint density at radius 1 is 1.00 bits per heavy atom. The van der Waals surface area contributed by atoms with Gasteiger partial charge in [-0.15, -0.1) is 0 Å². The summed E-state index contributed by atoms with van der Waals surface area (Å²) in [5.74, 6) is 0.407. The van der Waals surface area contributed by atoms with Crippen molar-refractivity contribution in [2.75, 3.05) is 24.7 Å². The molecule has 0 amide bonds. The van der Waals surface area contributed by atoms with Crippen LogP contribution < -0.4 is 9.46 Å². The van der Waals surface area contributed by atoms with Crippen molar-refractivity contribution in [3.63, 3.8) is 0 Å². The van der Waals surface area contributed by atoms with Crippen LogP contribution in [0.5, 0.6) is 5.75 Å². The summed E-state index contributed by atoms with van der Waals surface area (Å²) in [6.07, 6.45) is 4.11. The van der Waals surface area contributed by atoms with Crippen LogP contribution in [0.3, 0.4) is 0 Å². The average Bonchev–Trinajstić information content (AvgIpc) is 3.29. The lowest BCUT2D eigenvalue weighted by Crippen LogP contribution is -2.26. The molecular formula is C21H25N3O5S2. The predicted molar refractivity (Wildman–Crippen MR) is 119 cm³/mol. The van der Waals surface area contributed by atoms with Gasteiger partial charge in [0.1, 0.15) is 12.4 Å². The van der Waals surface area contributed by atoms with Gasteiger partial charge in [-0.1, -0.05) is 19.1 Å². The Hall–Kier alpha value is -2.69. The topological polar surface area (TPSA) is 107 Å². The fraction of sp³-hybridized carbons (Fsp3) is 0.286. The van der Waals surface area contributed by atoms with Gasteiger partial charge in [-0.05, 0) is 54.4 Å². The highest BCUT2D eigenvalue weighted by molar-refractivity contribution is 7.91. The second-order valence-electron chi connectivity index (χ2n) is 6.82. The first kappa shape index (κ1) is 23.0. The highest BCUT2D eigenvalue weighted by atomic mass is 32.2. The second-order valence-corrected chi connectivity index (χ2v) is 11.1. The molecule has 166 valence electrons. The molecule has 10 heteroatoms. The molecule has 1 heterocycles. The van der Waals surface area contributed by atoms with Crippen molar-refractivity contribution < 1.29 is 21.6 Å². The molecule has 0 saturated heterocycles. The summed E-state index contributed by atoms with van der Waals surface area (Å²) < 4.78 is 57.7. The monoisotopic (exact) mass is 463 g/mol. The Morgan fingerprint density at radius 3 is 2.32 bits per heavy atom. The number of rotatable bonds is 11. The van der Waals surface area contributed by atoms with E-state index in [1.54, 1.807) is 17.8 Å². The molecule has 3 rings (SSSR count). The van der Waals surface area contributed by atoms with Crippen LogP contribution in [0.4, 0.5) is 0 Å². The number of ether oxygens (including phenoxy) is 1. The molecule has 0 saturated carbocycles. The Labute approximate surface area is 182 Å². The number of sulfonamides is 1. The van der Waals surface area contributed by atoms with Crippen molar-refractivity contribution in [3.8, 4) is 11.4 Å². The quantitative estimate of drug-likeness (QED) is 0.467. The minimum absolute atomic E-state index is 0.0275. The minimum atomic E-state index is -3.65. The number of aromatic nitrogens is 2. The summed E-state index contributed by atoms with van der Waals surface area (Å²) in [7, 11) is -6.76. The molecule has 1 N–H and O–H groups in total. The van der Waals surface area contributed by atoms with Gasteiger partial charge < -0.3 is 4.74 Å². The summed E-state index contributed by atoms with van der Waals surface area (Å²) in [5.41, 5.74) is 1.94. The summed E-state index contributed by atoms with van der Waals surface area (Å²) >= 11 is 0. The van der Waals surface area contributed by atoms with Crippen LogP contribution in [0.15, 0.2) is 71.9 Å². The van der Waals surface area contributed by atoms with Crippen molar-refractivity contribution >= 4 is 19.9 Å². The maximum absolute atomic E-state index is 12.5. The third kappa shape index (κ3) is 6.65. The molecule has 0 bridgehead atoms. The second kappa shape index (κ2) is 10.1. The van der Waals surface area contributed by atoms with Crippen LogP contribution in [0.2, 0.25) is 0 Å². The molecule has 0 atom stereocenters. The summed E-state index contributed by atoms with van der Waals surface area (Å²) in [6, 6.07) is 15.5. The van der Waals surface area contributed by atoms with E-state index in [4.69, 9.17) is 4.74 Å². The van der Waals surface area contributed by atoms with Crippen molar-refractivity contribution in [1.82, 2.24) is 14.5 Å². The van der Waals surface area contributed by atoms with Gasteiger partial charge in [0.2, 0.25) is 10.0 Å². The average molecular weight is 464 g/mol. The van der Waals surface area contributed by atoms with Crippen molar-refractivity contribution in [2.24, 2.45) is 0 Å². The molecule has 0 aliphatic carbocycles. The van der Waals surface area contributed by atoms with E-state index in [2.05, 4.69) is 9.82 Å². The highest BCUT2D eigenvalue weighted by Crippen LogP contribution is 2.16. The standard InChI is InChI=1S/C21H25N3O5S2/c1-2-30(25,26)17-16-29-20-8-10-21(11-9-20)31(27,28)23-14-12-18-4-6-19(7-5-18)24-15-3-13-22-24/h3-11,13,15,23H,2,12,14,16-17H2,1H3. The van der Waals surface area contributed by atoms with E-state index in [0.717, 1.165) is 11.3 Å². The zero-order chi connectivity index (χ0) is 22.3. The van der Waals surface area contributed by atoms with Crippen LogP contribution in [-0.2, 0) is 26.3 Å². The van der Waals surface area contributed by atoms with E-state index >= 15 is 0 Å². The van der Waals surface area contributed by atoms with E-state index in [1.165, 1.54) is 24.3 Å². The van der Waals surface area contributed by atoms with Crippen molar-refractivity contribution in [2.45, 2.75) is 18.2 Å². The molecule has 0 aliphatic heterocycles. The van der Waals surface area contributed by atoms with Crippen LogP contribution in [0.1, 0.15) is 12.5 Å². The lowest BCUT2D eigenvalue weighted by atomic mass is 10.1. The van der Waals surface area contributed by atoms with Gasteiger partial charge in [-0.2, -0.15) is 5.10 Å². The van der Waals surface area contributed by atoms with Gasteiger partial charge in [0.15, 0.2) is 9.84 Å². The van der Waals surface area contributed by atoms with Gasteiger partial charge in [0.25, 0.3) is 0 Å². The first-order chi connectivity index (χ1) is 14.8. The zero-order valence-electron chi connectivity index (χ0n) is 17.1. The van der Waals surface area contributed by atoms with Gasteiger partial charge in [-0.3, -0.25) is 0 Å². The molecule has 0 fully saturated rings. The van der Waals surface area contributed by atoms with Crippen LogP contribution in [-0.4, -0.2) is 51.3 Å². The largest absolute Gasteiger partial charge is 0.493 e. The number of hydrogen-bond donors (Lipinski definition) is 1. The van der Waals surface area contributed by atoms with Crippen LogP contribution in [0, 0.1) is 0 Å². The predicted octanol–water partition coefficient (Wildman–Crippen LogP) is 2.21. The van der Waals surface area contributed by atoms with E-state index < -0.39 is 19.9 Å². The summed E-state index contributed by atoms with van der Waals surface area (Å²) in [4.78, 5) is 0.120. The number of nitrogens with zero attached hydrogens (tertiary/aromatic N) is 2. The lowest BCUT2D eigenvalue weighted by molar-refractivity contribution is 0.340. The Balaban J connectivity index is 1.50. The molecule has 8 nitrogen and oxygen atoms in total. The molecule has 0 unspecified atom stereocenters. The maximum Gasteiger partial charge on any atom is 0.240 e. The van der Waals surface area contributed by atoms with Gasteiger partial charge in [0, 0.05) is 24.7 Å². The van der Waals surface area contributed by atoms with Crippen LogP contribution in [0.25, 0.3) is 5.69 Å². The van der Waals surface area contributed by atoms with Crippen molar-refractivity contribution in [3.05, 3.63) is 72.6 Å². The maximum atomic E-state index is 12.5. The molecule has 31 heavy (non-hydrogen) atoms. The minimum Gasteiger partial charge on any atom is -0.493 e. The zero-order valence-corrected chi connectivity index (χ0v) is 18.8. The third-order valence-corrected chi connectivity index (χ3v) is 7.79. The molecule has 1 aromatic heterocycles. The lowest BCUT2D eigenvalue weighted by Gasteiger charge is -2.09. The van der Waals surface area contributed by atoms with Gasteiger partial charge >= 0.3 is 0 Å². The van der Waals surface area contributed by atoms with E-state index in [1.807, 2.05) is 36.5 Å². The molecule has 0 radical (unpaired) electrons. The fourth-order valence-electron chi connectivity index (χ4n) is 2.80. The SMILES string of the molecule is CCS(=O)(=O)CCOc1ccc(S(=O)(=O)NCCc2ccc(-n3cccn3)cc2)cc1. The van der Waals surface area contributed by atoms with E-state index in [9.17, 15) is 16.8 Å². The Morgan fingerprint density at radius 2 is 1.71 bits per heavy atom. The Kier molecular flexibility index (Phi) is 7.47. The summed E-state index contributed by atoms with van der Waals surface area (Å²) in [5, 5.41) is 4.17. The van der Waals surface area contributed by atoms with E-state index in [-0.39, 0.29) is 29.6 Å². The Bertz CT molecular complexity index is 1170. The number of nitrogens with one attached hydrogen (secondary N) is 1. The van der Waals surface area contributed by atoms with Crippen LogP contribution >= 0.6 is 0 Å². The number of sulfone groups is 1. The third-order valence-electron chi connectivity index (χ3n) is 4.65. The fourth-order valence-corrected chi connectivity index (χ4v) is 4.45. The van der Waals surface area contributed by atoms with Crippen molar-refractivity contribution in [1.29, 1.82) is 0 Å². The van der Waals surface area contributed by atoms with Gasteiger partial charge in [0.05, 0.1) is 16.3 Å². The first-order valence-electron chi connectivity index (χ1n) is 9.81.